The lowest BCUT2D eigenvalue weighted by Crippen LogP contribution is -2.15. The monoisotopic (exact) mass is 1840 g/mol. The number of nitro benzene ring substituents is 2. The molecule has 0 bridgehead atoms. The number of halogens is 11. The van der Waals surface area contributed by atoms with Gasteiger partial charge in [-0.2, -0.15) is 39.5 Å². The molecule has 0 fully saturated rings. The number of aryl methyl sites for hydroxylation is 7. The maximum Gasteiger partial charge on any atom is 0.416 e. The van der Waals surface area contributed by atoms with E-state index in [1.165, 1.54) is 126 Å². The molecular formula is C81H68Cl2F9N17O12S4. The van der Waals surface area contributed by atoms with Crippen molar-refractivity contribution in [1.29, 1.82) is 0 Å². The van der Waals surface area contributed by atoms with Gasteiger partial charge in [-0.1, -0.05) is 84.9 Å². The summed E-state index contributed by atoms with van der Waals surface area (Å²) >= 11 is 5.67. The minimum absolute atomic E-state index is 0.0398. The van der Waals surface area contributed by atoms with Gasteiger partial charge in [0.15, 0.2) is 0 Å². The molecule has 125 heavy (non-hydrogen) atoms. The normalized spacial score (nSPS) is 11.7. The molecule has 650 valence electrons. The van der Waals surface area contributed by atoms with Gasteiger partial charge in [-0.3, -0.25) is 34.4 Å². The van der Waals surface area contributed by atoms with Crippen molar-refractivity contribution in [1.82, 2.24) is 48.6 Å². The van der Waals surface area contributed by atoms with Crippen molar-refractivity contribution in [3.8, 4) is 39.6 Å². The Morgan fingerprint density at radius 3 is 1.10 bits per heavy atom. The first-order valence-corrected chi connectivity index (χ1v) is 43.0. The number of hydrogen-bond acceptors (Lipinski definition) is 21. The predicted molar refractivity (Wildman–Crippen MR) is 451 cm³/mol. The molecule has 0 aliphatic carbocycles. The number of benzene rings is 9. The minimum atomic E-state index is -4.73. The van der Waals surface area contributed by atoms with Crippen molar-refractivity contribution in [2.45, 2.75) is 86.6 Å². The SMILES string of the molecule is Cc1ccc(S(=O)(=O)Cl)cc1[N+](=O)[O-].Cc1cn(-c2cc(NS(=O)(=O)c3ccc(C)c(N)c3)cc(C(F)(F)F)c2)cn1.Cc1cn(-c2cc(NS(=O)(=O)c3ccc(C)c(Nc4nccc(-c5ccccc5)n4)c3)cc(C(F)(F)F)c2)cn1.Cc1cn(-c2cc(NS(=O)(=O)c3ccc(C)c([N+](=O)[O-])c3)cc(C(F)(F)F)c2)cn1.Clc1nccc(-c2ccccc2)n1. The molecule has 29 nitrogen and oxygen atoms in total. The highest BCUT2D eigenvalue weighted by molar-refractivity contribution is 8.13. The van der Waals surface area contributed by atoms with E-state index in [1.807, 2.05) is 66.7 Å². The van der Waals surface area contributed by atoms with Crippen LogP contribution in [0.4, 0.5) is 85.3 Å². The Morgan fingerprint density at radius 2 is 0.744 bits per heavy atom. The average molecular weight is 1840 g/mol. The Morgan fingerprint density at radius 1 is 0.400 bits per heavy atom. The van der Waals surface area contributed by atoms with Gasteiger partial charge in [-0.05, 0) is 174 Å². The molecule has 0 saturated carbocycles. The maximum atomic E-state index is 13.6. The van der Waals surface area contributed by atoms with E-state index in [0.717, 1.165) is 65.4 Å². The van der Waals surface area contributed by atoms with E-state index >= 15 is 0 Å². The Balaban J connectivity index is 0.000000172. The lowest BCUT2D eigenvalue weighted by Gasteiger charge is -2.15. The fourth-order valence-electron chi connectivity index (χ4n) is 11.3. The van der Waals surface area contributed by atoms with Gasteiger partial charge in [0.1, 0.15) is 0 Å². The lowest BCUT2D eigenvalue weighted by atomic mass is 10.1. The zero-order chi connectivity index (χ0) is 91.5. The van der Waals surface area contributed by atoms with Gasteiger partial charge >= 0.3 is 18.5 Å². The second kappa shape index (κ2) is 38.4. The second-order valence-corrected chi connectivity index (χ2v) is 35.0. The van der Waals surface area contributed by atoms with Crippen molar-refractivity contribution < 1.29 is 83.0 Å². The van der Waals surface area contributed by atoms with Crippen molar-refractivity contribution >= 4 is 107 Å². The third-order valence-corrected chi connectivity index (χ3v) is 23.3. The van der Waals surface area contributed by atoms with Crippen molar-refractivity contribution in [2.24, 2.45) is 0 Å². The second-order valence-electron chi connectivity index (χ2n) is 27.1. The first-order chi connectivity index (χ1) is 58.5. The van der Waals surface area contributed by atoms with Gasteiger partial charge in [0, 0.05) is 104 Å². The highest BCUT2D eigenvalue weighted by atomic mass is 35.7. The maximum absolute atomic E-state index is 13.6. The molecule has 0 aliphatic rings. The summed E-state index contributed by atoms with van der Waals surface area (Å²) in [4.78, 5) is 47.8. The number of nitrogens with one attached hydrogen (secondary N) is 4. The van der Waals surface area contributed by atoms with Gasteiger partial charge < -0.3 is 24.8 Å². The van der Waals surface area contributed by atoms with E-state index in [-0.39, 0.29) is 77.0 Å². The number of nitro groups is 2. The minimum Gasteiger partial charge on any atom is -0.398 e. The number of sulfonamides is 3. The Bertz CT molecular complexity index is 6840. The molecule has 0 aliphatic heterocycles. The van der Waals surface area contributed by atoms with Crippen molar-refractivity contribution in [3.63, 3.8) is 0 Å². The van der Waals surface area contributed by atoms with Gasteiger partial charge in [-0.15, -0.1) is 0 Å². The summed E-state index contributed by atoms with van der Waals surface area (Å²) in [7, 11) is -11.7. The molecule has 0 amide bonds. The van der Waals surface area contributed by atoms with Crippen LogP contribution in [0.15, 0.2) is 270 Å². The molecule has 9 aromatic carbocycles. The van der Waals surface area contributed by atoms with Gasteiger partial charge in [0.25, 0.3) is 50.5 Å². The molecule has 5 heterocycles. The van der Waals surface area contributed by atoms with Gasteiger partial charge in [0.05, 0.1) is 111 Å². The Hall–Kier alpha value is -13.7. The van der Waals surface area contributed by atoms with Crippen LogP contribution in [0.1, 0.15) is 56.0 Å². The summed E-state index contributed by atoms with van der Waals surface area (Å²) in [6, 6.07) is 46.8. The van der Waals surface area contributed by atoms with Gasteiger partial charge in [0.2, 0.25) is 11.2 Å². The summed E-state index contributed by atoms with van der Waals surface area (Å²) in [5, 5.41) is 24.9. The Labute approximate surface area is 717 Å². The number of aromatic nitrogens is 10. The summed E-state index contributed by atoms with van der Waals surface area (Å²) in [5.74, 6) is 0.255. The number of nitrogens with zero attached hydrogens (tertiary/aromatic N) is 12. The number of nitrogen functional groups attached to an aromatic ring is 1. The fourth-order valence-corrected chi connectivity index (χ4v) is 15.4. The molecule has 6 N–H and O–H groups in total. The van der Waals surface area contributed by atoms with E-state index in [2.05, 4.69) is 54.4 Å². The number of hydrogen-bond donors (Lipinski definition) is 5. The van der Waals surface area contributed by atoms with Crippen LogP contribution in [0, 0.1) is 68.7 Å². The van der Waals surface area contributed by atoms with Crippen LogP contribution in [0.3, 0.4) is 0 Å². The van der Waals surface area contributed by atoms with Crippen LogP contribution in [0.5, 0.6) is 0 Å². The number of alkyl halides is 9. The molecule has 14 aromatic rings. The third kappa shape index (κ3) is 25.3. The molecule has 44 heteroatoms. The van der Waals surface area contributed by atoms with Crippen molar-refractivity contribution in [3.05, 3.63) is 332 Å². The standard InChI is InChI=1S/C28H23F3N6O2S.C18H15F3N4O4S.C18H17F3N4O2S.C10H7ClN2.C7H6ClNO4S/c1-18-8-9-24(15-26(18)35-27-32-11-10-25(34-27)20-6-4-3-5-7-20)40(38,39)36-22-12-21(28(29,30)31)13-23(14-22)37-16-19(2)33-17-37;1-11-3-4-16(8-17(11)25(26)27)30(28,29)23-14-5-13(18(19,20)21)6-15(7-14)24-9-12(2)22-10-24;1-11-3-4-16(8-17(11)22)28(26,27)24-14-5-13(18(19,20)21)6-15(7-14)25-9-12(2)23-10-25;11-10-12-7-6-9(13-10)8-4-2-1-3-5-8;1-5-2-3-6(14(8,12)13)4-7(5)9(10)11/h3-17,36H,1-2H3,(H,32,34,35);3-10,23H,1-2H3;3-10,24H,22H2,1-2H3;1-7H;2-4H,1H3. The summed E-state index contributed by atoms with van der Waals surface area (Å²) in [6.45, 7) is 11.5. The quantitative estimate of drug-likeness (QED) is 0.0125. The zero-order valence-corrected chi connectivity index (χ0v) is 70.6. The highest BCUT2D eigenvalue weighted by Crippen LogP contribution is 2.39. The summed E-state index contributed by atoms with van der Waals surface area (Å²) in [6.07, 6.45) is -2.27. The molecular weight excluding hydrogens is 1770 g/mol. The molecule has 14 rings (SSSR count). The van der Waals surface area contributed by atoms with Crippen LogP contribution in [-0.2, 0) is 57.6 Å². The largest absolute Gasteiger partial charge is 0.416 e. The number of nitrogens with two attached hydrogens (primary N) is 1. The third-order valence-electron chi connectivity index (χ3n) is 17.6. The topological polar surface area (TPSA) is 402 Å². The van der Waals surface area contributed by atoms with Gasteiger partial charge in [-0.25, -0.2) is 68.6 Å². The molecule has 0 atom stereocenters. The predicted octanol–water partition coefficient (Wildman–Crippen LogP) is 19.2. The van der Waals surface area contributed by atoms with E-state index in [9.17, 15) is 93.4 Å². The molecule has 0 saturated heterocycles. The fraction of sp³-hybridized carbons (Fsp3) is 0.123. The Kier molecular flexibility index (Phi) is 28.7. The summed E-state index contributed by atoms with van der Waals surface area (Å²) in [5.41, 5.74) is 9.39. The van der Waals surface area contributed by atoms with Crippen LogP contribution < -0.4 is 25.2 Å². The average Bonchev–Trinajstić information content (AvgIpc) is 1.54. The molecule has 0 spiro atoms. The van der Waals surface area contributed by atoms with E-state index in [4.69, 9.17) is 28.0 Å². The number of anilines is 6. The highest BCUT2D eigenvalue weighted by Gasteiger charge is 2.35. The molecule has 0 radical (unpaired) electrons. The zero-order valence-electron chi connectivity index (χ0n) is 65.8. The molecule has 5 aromatic heterocycles. The first kappa shape index (κ1) is 93.6. The van der Waals surface area contributed by atoms with Crippen LogP contribution in [0.25, 0.3) is 39.6 Å². The number of rotatable bonds is 19. The smallest absolute Gasteiger partial charge is 0.398 e. The first-order valence-electron chi connectivity index (χ1n) is 35.9. The summed E-state index contributed by atoms with van der Waals surface area (Å²) < 4.78 is 230. The number of imidazole rings is 3. The van der Waals surface area contributed by atoms with E-state index in [0.29, 0.717) is 51.2 Å². The van der Waals surface area contributed by atoms with Crippen LogP contribution >= 0.6 is 22.3 Å². The van der Waals surface area contributed by atoms with E-state index < -0.39 is 94.8 Å². The van der Waals surface area contributed by atoms with Crippen molar-refractivity contribution in [2.75, 3.05) is 25.2 Å². The van der Waals surface area contributed by atoms with E-state index in [1.54, 1.807) is 65.3 Å². The lowest BCUT2D eigenvalue weighted by molar-refractivity contribution is -0.385. The van der Waals surface area contributed by atoms with Crippen LogP contribution in [-0.4, -0.2) is 92.1 Å². The van der Waals surface area contributed by atoms with Crippen LogP contribution in [0.2, 0.25) is 5.28 Å². The molecule has 0 unspecified atom stereocenters.